The predicted molar refractivity (Wildman–Crippen MR) is 94.1 cm³/mol. The lowest BCUT2D eigenvalue weighted by Crippen LogP contribution is -2.28. The Balaban J connectivity index is 1.94. The number of halogens is 3. The fourth-order valence-corrected chi connectivity index (χ4v) is 2.93. The predicted octanol–water partition coefficient (Wildman–Crippen LogP) is 4.75. The van der Waals surface area contributed by atoms with Crippen LogP contribution in [0.15, 0.2) is 45.5 Å². The molecule has 3 nitrogen and oxygen atoms in total. The van der Waals surface area contributed by atoms with Crippen molar-refractivity contribution in [3.63, 3.8) is 0 Å². The van der Waals surface area contributed by atoms with Gasteiger partial charge in [0.2, 0.25) is 0 Å². The van der Waals surface area contributed by atoms with Crippen LogP contribution in [0.2, 0.25) is 5.02 Å². The van der Waals surface area contributed by atoms with Gasteiger partial charge in [-0.1, -0.05) is 29.8 Å². The monoisotopic (exact) mass is 433 g/mol. The number of benzene rings is 1. The van der Waals surface area contributed by atoms with E-state index in [1.807, 2.05) is 30.3 Å². The van der Waals surface area contributed by atoms with Gasteiger partial charge in [-0.15, -0.1) is 0 Å². The van der Waals surface area contributed by atoms with Crippen LogP contribution >= 0.6 is 55.7 Å². The molecule has 0 amide bonds. The molecule has 0 aliphatic heterocycles. The number of thiocarbonyl (C=S) groups is 1. The van der Waals surface area contributed by atoms with Crippen LogP contribution < -0.4 is 10.6 Å². The Morgan fingerprint density at radius 2 is 2.05 bits per heavy atom. The molecule has 0 spiro atoms. The highest BCUT2D eigenvalue weighted by molar-refractivity contribution is 9.11. The molecular weight excluding hydrogens is 425 g/mol. The number of rotatable bonds is 3. The lowest BCUT2D eigenvalue weighted by atomic mass is 10.2. The summed E-state index contributed by atoms with van der Waals surface area (Å²) in [5.74, 6) is 0.657. The van der Waals surface area contributed by atoms with Crippen LogP contribution in [0.25, 0.3) is 0 Å². The summed E-state index contributed by atoms with van der Waals surface area (Å²) in [7, 11) is 0. The summed E-state index contributed by atoms with van der Waals surface area (Å²) in [5, 5.41) is 7.32. The molecule has 0 saturated carbocycles. The fourth-order valence-electron chi connectivity index (χ4n) is 1.48. The Labute approximate surface area is 144 Å². The van der Waals surface area contributed by atoms with Crippen LogP contribution in [0.5, 0.6) is 0 Å². The maximum atomic E-state index is 6.08. The minimum absolute atomic E-state index is 0.487. The Morgan fingerprint density at radius 3 is 2.75 bits per heavy atom. The number of hydrogen-bond donors (Lipinski definition) is 2. The van der Waals surface area contributed by atoms with Crippen LogP contribution in [0, 0.1) is 0 Å². The van der Waals surface area contributed by atoms with Gasteiger partial charge in [-0.25, -0.2) is 4.98 Å². The number of nitrogens with one attached hydrogen (secondary N) is 2. The average Bonchev–Trinajstić information content (AvgIpc) is 2.41. The van der Waals surface area contributed by atoms with Crippen molar-refractivity contribution in [1.82, 2.24) is 10.3 Å². The first-order valence-corrected chi connectivity index (χ1v) is 8.03. The second-order valence-corrected chi connectivity index (χ2v) is 6.47. The molecule has 0 fully saturated rings. The van der Waals surface area contributed by atoms with Crippen molar-refractivity contribution < 1.29 is 0 Å². The molecule has 2 N–H and O–H groups in total. The fraction of sp³-hybridized carbons (Fsp3) is 0.0769. The van der Waals surface area contributed by atoms with Gasteiger partial charge in [0, 0.05) is 22.2 Å². The molecule has 1 heterocycles. The lowest BCUT2D eigenvalue weighted by Gasteiger charge is -2.12. The average molecular weight is 436 g/mol. The molecular formula is C13H10Br2ClN3S. The molecule has 1 aromatic carbocycles. The molecule has 0 aliphatic carbocycles. The van der Waals surface area contributed by atoms with Crippen molar-refractivity contribution in [2.24, 2.45) is 0 Å². The molecule has 0 aliphatic rings. The Hall–Kier alpha value is -0.690. The van der Waals surface area contributed by atoms with Crippen molar-refractivity contribution in [3.8, 4) is 0 Å². The Kier molecular flexibility index (Phi) is 5.77. The highest BCUT2D eigenvalue weighted by atomic mass is 79.9. The van der Waals surface area contributed by atoms with Gasteiger partial charge in [0.25, 0.3) is 0 Å². The van der Waals surface area contributed by atoms with Gasteiger partial charge >= 0.3 is 0 Å². The first-order valence-electron chi connectivity index (χ1n) is 5.65. The van der Waals surface area contributed by atoms with Crippen molar-refractivity contribution in [1.29, 1.82) is 0 Å². The minimum Gasteiger partial charge on any atom is -0.358 e. The number of nitrogens with zero attached hydrogens (tertiary/aromatic N) is 1. The van der Waals surface area contributed by atoms with Gasteiger partial charge in [-0.05, 0) is 61.8 Å². The van der Waals surface area contributed by atoms with Crippen LogP contribution in [0.1, 0.15) is 5.56 Å². The quantitative estimate of drug-likeness (QED) is 0.683. The minimum atomic E-state index is 0.487. The second kappa shape index (κ2) is 7.36. The Morgan fingerprint density at radius 1 is 1.30 bits per heavy atom. The third-order valence-electron chi connectivity index (χ3n) is 2.44. The van der Waals surface area contributed by atoms with Gasteiger partial charge in [0.15, 0.2) is 5.11 Å². The van der Waals surface area contributed by atoms with Gasteiger partial charge < -0.3 is 10.6 Å². The molecule has 0 radical (unpaired) electrons. The summed E-state index contributed by atoms with van der Waals surface area (Å²) in [6, 6.07) is 9.52. The number of aromatic nitrogens is 1. The van der Waals surface area contributed by atoms with E-state index in [9.17, 15) is 0 Å². The largest absolute Gasteiger partial charge is 0.358 e. The van der Waals surface area contributed by atoms with E-state index in [-0.39, 0.29) is 0 Å². The normalized spacial score (nSPS) is 10.2. The molecule has 2 aromatic rings. The smallest absolute Gasteiger partial charge is 0.172 e. The van der Waals surface area contributed by atoms with Crippen molar-refractivity contribution in [2.75, 3.05) is 5.32 Å². The van der Waals surface area contributed by atoms with Crippen LogP contribution in [0.3, 0.4) is 0 Å². The zero-order valence-corrected chi connectivity index (χ0v) is 14.9. The summed E-state index contributed by atoms with van der Waals surface area (Å²) >= 11 is 18.1. The SMILES string of the molecule is S=C(NCc1ccccc1Cl)Nc1ncc(Br)cc1Br. The highest BCUT2D eigenvalue weighted by Gasteiger charge is 2.05. The van der Waals surface area contributed by atoms with Gasteiger partial charge in [0.05, 0.1) is 4.47 Å². The summed E-state index contributed by atoms with van der Waals surface area (Å²) < 4.78 is 1.72. The molecule has 2 rings (SSSR count). The van der Waals surface area contributed by atoms with E-state index in [4.69, 9.17) is 23.8 Å². The number of hydrogen-bond acceptors (Lipinski definition) is 2. The zero-order valence-electron chi connectivity index (χ0n) is 10.2. The van der Waals surface area contributed by atoms with Crippen LogP contribution in [0.4, 0.5) is 5.82 Å². The Bertz CT molecular complexity index is 637. The van der Waals surface area contributed by atoms with E-state index in [0.29, 0.717) is 22.5 Å². The van der Waals surface area contributed by atoms with Crippen LogP contribution in [-0.4, -0.2) is 10.1 Å². The summed E-state index contributed by atoms with van der Waals surface area (Å²) in [6.45, 7) is 0.555. The van der Waals surface area contributed by atoms with E-state index in [2.05, 4.69) is 47.5 Å². The molecule has 0 unspecified atom stereocenters. The van der Waals surface area contributed by atoms with Crippen molar-refractivity contribution >= 4 is 66.6 Å². The maximum absolute atomic E-state index is 6.08. The van der Waals surface area contributed by atoms with Gasteiger partial charge in [-0.2, -0.15) is 0 Å². The standard InChI is InChI=1S/C13H10Br2ClN3S/c14-9-5-10(15)12(17-7-9)19-13(20)18-6-8-3-1-2-4-11(8)16/h1-5,7H,6H2,(H2,17,18,19,20). The molecule has 20 heavy (non-hydrogen) atoms. The molecule has 1 aromatic heterocycles. The van der Waals surface area contributed by atoms with Gasteiger partial charge in [-0.3, -0.25) is 0 Å². The molecule has 0 saturated heterocycles. The van der Waals surface area contributed by atoms with Gasteiger partial charge in [0.1, 0.15) is 5.82 Å². The third-order valence-corrected chi connectivity index (χ3v) is 4.09. The molecule has 7 heteroatoms. The molecule has 0 bridgehead atoms. The highest BCUT2D eigenvalue weighted by Crippen LogP contribution is 2.23. The topological polar surface area (TPSA) is 37.0 Å². The van der Waals surface area contributed by atoms with Crippen molar-refractivity contribution in [2.45, 2.75) is 6.54 Å². The maximum Gasteiger partial charge on any atom is 0.172 e. The third kappa shape index (κ3) is 4.41. The zero-order chi connectivity index (χ0) is 14.5. The summed E-state index contributed by atoms with van der Waals surface area (Å²) in [5.41, 5.74) is 0.987. The van der Waals surface area contributed by atoms with Crippen LogP contribution in [-0.2, 0) is 6.54 Å². The first kappa shape index (κ1) is 15.7. The summed E-state index contributed by atoms with van der Waals surface area (Å²) in [4.78, 5) is 4.23. The van der Waals surface area contributed by atoms with E-state index < -0.39 is 0 Å². The van der Waals surface area contributed by atoms with Crippen molar-refractivity contribution in [3.05, 3.63) is 56.1 Å². The molecule has 0 atom stereocenters. The lowest BCUT2D eigenvalue weighted by molar-refractivity contribution is 0.925. The number of anilines is 1. The van der Waals surface area contributed by atoms with E-state index in [0.717, 1.165) is 14.5 Å². The molecule has 104 valence electrons. The van der Waals surface area contributed by atoms with E-state index >= 15 is 0 Å². The number of pyridine rings is 1. The first-order chi connectivity index (χ1) is 9.56. The van der Waals surface area contributed by atoms with E-state index in [1.54, 1.807) is 6.20 Å². The second-order valence-electron chi connectivity index (χ2n) is 3.88. The van der Waals surface area contributed by atoms with E-state index in [1.165, 1.54) is 0 Å². The summed E-state index contributed by atoms with van der Waals surface area (Å²) in [6.07, 6.45) is 1.70.